The monoisotopic (exact) mass is 246 g/mol. The predicted octanol–water partition coefficient (Wildman–Crippen LogP) is 2.81. The number of nitrogens with zero attached hydrogens (tertiary/aromatic N) is 1. The first-order valence-electron chi connectivity index (χ1n) is 7.21. The molecule has 100 valence electrons. The van der Waals surface area contributed by atoms with Crippen LogP contribution in [-0.2, 0) is 6.54 Å². The van der Waals surface area contributed by atoms with Crippen LogP contribution in [0.1, 0.15) is 31.4 Å². The van der Waals surface area contributed by atoms with E-state index < -0.39 is 0 Å². The Labute approximate surface area is 111 Å². The first kappa shape index (κ1) is 13.6. The molecule has 0 bridgehead atoms. The molecule has 2 atom stereocenters. The second kappa shape index (κ2) is 6.35. The Kier molecular flexibility index (Phi) is 4.79. The summed E-state index contributed by atoms with van der Waals surface area (Å²) in [4.78, 5) is 2.66. The van der Waals surface area contributed by atoms with Crippen LogP contribution in [0.15, 0.2) is 24.3 Å². The van der Waals surface area contributed by atoms with E-state index in [4.69, 9.17) is 0 Å². The molecular weight excluding hydrogens is 220 g/mol. The van der Waals surface area contributed by atoms with Gasteiger partial charge in [0.1, 0.15) is 0 Å². The average Bonchev–Trinajstić information content (AvgIpc) is 2.41. The van der Waals surface area contributed by atoms with Crippen molar-refractivity contribution >= 4 is 0 Å². The second-order valence-corrected chi connectivity index (χ2v) is 5.55. The lowest BCUT2D eigenvalue weighted by Crippen LogP contribution is -2.53. The van der Waals surface area contributed by atoms with Crippen molar-refractivity contribution in [2.45, 2.75) is 39.8 Å². The fourth-order valence-corrected chi connectivity index (χ4v) is 2.80. The fraction of sp³-hybridized carbons (Fsp3) is 0.625. The van der Waals surface area contributed by atoms with Crippen molar-refractivity contribution in [3.05, 3.63) is 35.4 Å². The van der Waals surface area contributed by atoms with Gasteiger partial charge in [0, 0.05) is 32.2 Å². The first-order chi connectivity index (χ1) is 8.72. The van der Waals surface area contributed by atoms with E-state index in [0.717, 1.165) is 25.6 Å². The molecule has 1 heterocycles. The van der Waals surface area contributed by atoms with Crippen molar-refractivity contribution in [3.8, 4) is 0 Å². The van der Waals surface area contributed by atoms with Gasteiger partial charge in [0.25, 0.3) is 0 Å². The Bertz CT molecular complexity index is 375. The van der Waals surface area contributed by atoms with Crippen LogP contribution in [0.4, 0.5) is 0 Å². The van der Waals surface area contributed by atoms with Crippen LogP contribution in [0.5, 0.6) is 0 Å². The molecule has 18 heavy (non-hydrogen) atoms. The maximum atomic E-state index is 3.54. The van der Waals surface area contributed by atoms with Crippen molar-refractivity contribution < 1.29 is 0 Å². The highest BCUT2D eigenvalue weighted by molar-refractivity contribution is 5.25. The van der Waals surface area contributed by atoms with E-state index in [1.807, 2.05) is 0 Å². The van der Waals surface area contributed by atoms with Crippen molar-refractivity contribution in [3.63, 3.8) is 0 Å². The number of hydrogen-bond acceptors (Lipinski definition) is 2. The van der Waals surface area contributed by atoms with E-state index in [1.54, 1.807) is 0 Å². The highest BCUT2D eigenvalue weighted by atomic mass is 15.2. The molecule has 2 heteroatoms. The minimum absolute atomic E-state index is 0.684. The van der Waals surface area contributed by atoms with Crippen LogP contribution >= 0.6 is 0 Å². The summed E-state index contributed by atoms with van der Waals surface area (Å²) in [7, 11) is 0. The van der Waals surface area contributed by atoms with E-state index in [1.165, 1.54) is 24.1 Å². The van der Waals surface area contributed by atoms with Crippen molar-refractivity contribution in [1.82, 2.24) is 10.2 Å². The molecule has 2 rings (SSSR count). The third-order valence-electron chi connectivity index (χ3n) is 4.33. The molecule has 0 amide bonds. The molecular formula is C16H26N2. The minimum Gasteiger partial charge on any atom is -0.314 e. The molecule has 0 aliphatic carbocycles. The summed E-state index contributed by atoms with van der Waals surface area (Å²) in [6, 6.07) is 9.45. The number of hydrogen-bond donors (Lipinski definition) is 1. The van der Waals surface area contributed by atoms with E-state index in [-0.39, 0.29) is 0 Å². The Morgan fingerprint density at radius 2 is 2.17 bits per heavy atom. The van der Waals surface area contributed by atoms with Gasteiger partial charge >= 0.3 is 0 Å². The number of piperazine rings is 1. The van der Waals surface area contributed by atoms with Gasteiger partial charge in [0.15, 0.2) is 0 Å². The SMILES string of the molecule is CCC(C)C1CNCCN1Cc1ccccc1C. The summed E-state index contributed by atoms with van der Waals surface area (Å²) < 4.78 is 0. The summed E-state index contributed by atoms with van der Waals surface area (Å²) in [6.45, 7) is 11.4. The lowest BCUT2D eigenvalue weighted by atomic mass is 9.95. The van der Waals surface area contributed by atoms with Gasteiger partial charge in [0.2, 0.25) is 0 Å². The van der Waals surface area contributed by atoms with Gasteiger partial charge < -0.3 is 5.32 Å². The van der Waals surface area contributed by atoms with Crippen LogP contribution in [0.3, 0.4) is 0 Å². The number of nitrogens with one attached hydrogen (secondary N) is 1. The molecule has 2 unspecified atom stereocenters. The molecule has 0 radical (unpaired) electrons. The molecule has 1 fully saturated rings. The third-order valence-corrected chi connectivity index (χ3v) is 4.33. The third kappa shape index (κ3) is 3.12. The zero-order valence-electron chi connectivity index (χ0n) is 11.9. The van der Waals surface area contributed by atoms with E-state index in [9.17, 15) is 0 Å². The fourth-order valence-electron chi connectivity index (χ4n) is 2.80. The molecule has 0 spiro atoms. The number of benzene rings is 1. The summed E-state index contributed by atoms with van der Waals surface area (Å²) in [5.41, 5.74) is 2.90. The van der Waals surface area contributed by atoms with Gasteiger partial charge in [-0.1, -0.05) is 44.5 Å². The molecule has 0 aromatic heterocycles. The molecule has 0 saturated carbocycles. The van der Waals surface area contributed by atoms with E-state index >= 15 is 0 Å². The molecule has 1 aliphatic heterocycles. The Hall–Kier alpha value is -0.860. The zero-order chi connectivity index (χ0) is 13.0. The molecule has 1 N–H and O–H groups in total. The van der Waals surface area contributed by atoms with Crippen LogP contribution in [0.25, 0.3) is 0 Å². The maximum Gasteiger partial charge on any atom is 0.0250 e. The molecule has 2 nitrogen and oxygen atoms in total. The van der Waals surface area contributed by atoms with Crippen LogP contribution < -0.4 is 5.32 Å². The molecule has 1 aromatic rings. The van der Waals surface area contributed by atoms with Crippen LogP contribution in [0, 0.1) is 12.8 Å². The molecule has 1 aromatic carbocycles. The topological polar surface area (TPSA) is 15.3 Å². The second-order valence-electron chi connectivity index (χ2n) is 5.55. The lowest BCUT2D eigenvalue weighted by molar-refractivity contribution is 0.109. The smallest absolute Gasteiger partial charge is 0.0250 e. The highest BCUT2D eigenvalue weighted by Crippen LogP contribution is 2.20. The van der Waals surface area contributed by atoms with Crippen LogP contribution in [0.2, 0.25) is 0 Å². The number of aryl methyl sites for hydroxylation is 1. The van der Waals surface area contributed by atoms with Gasteiger partial charge in [-0.15, -0.1) is 0 Å². The molecule has 1 aliphatic rings. The largest absolute Gasteiger partial charge is 0.314 e. The first-order valence-corrected chi connectivity index (χ1v) is 7.21. The maximum absolute atomic E-state index is 3.54. The Balaban J connectivity index is 2.08. The van der Waals surface area contributed by atoms with Crippen LogP contribution in [-0.4, -0.2) is 30.6 Å². The Morgan fingerprint density at radius 1 is 1.39 bits per heavy atom. The Morgan fingerprint density at radius 3 is 2.89 bits per heavy atom. The lowest BCUT2D eigenvalue weighted by Gasteiger charge is -2.39. The normalized spacial score (nSPS) is 22.9. The summed E-state index contributed by atoms with van der Waals surface area (Å²) >= 11 is 0. The quantitative estimate of drug-likeness (QED) is 0.879. The summed E-state index contributed by atoms with van der Waals surface area (Å²) in [5.74, 6) is 0.766. The van der Waals surface area contributed by atoms with E-state index in [2.05, 4.69) is 55.3 Å². The predicted molar refractivity (Wildman–Crippen MR) is 77.7 cm³/mol. The average molecular weight is 246 g/mol. The van der Waals surface area contributed by atoms with Gasteiger partial charge in [0.05, 0.1) is 0 Å². The minimum atomic E-state index is 0.684. The van der Waals surface area contributed by atoms with Gasteiger partial charge in [-0.3, -0.25) is 4.90 Å². The van der Waals surface area contributed by atoms with Gasteiger partial charge in [-0.05, 0) is 24.0 Å². The van der Waals surface area contributed by atoms with Crippen molar-refractivity contribution in [1.29, 1.82) is 0 Å². The highest BCUT2D eigenvalue weighted by Gasteiger charge is 2.26. The summed E-state index contributed by atoms with van der Waals surface area (Å²) in [6.07, 6.45) is 1.26. The van der Waals surface area contributed by atoms with E-state index in [0.29, 0.717) is 6.04 Å². The standard InChI is InChI=1S/C16H26N2/c1-4-13(2)16-11-17-9-10-18(16)12-15-8-6-5-7-14(15)3/h5-8,13,16-17H,4,9-12H2,1-3H3. The number of rotatable bonds is 4. The van der Waals surface area contributed by atoms with Gasteiger partial charge in [-0.25, -0.2) is 0 Å². The zero-order valence-corrected chi connectivity index (χ0v) is 11.9. The molecule has 1 saturated heterocycles. The summed E-state index contributed by atoms with van der Waals surface area (Å²) in [5, 5.41) is 3.54. The van der Waals surface area contributed by atoms with Crippen molar-refractivity contribution in [2.24, 2.45) is 5.92 Å². The van der Waals surface area contributed by atoms with Gasteiger partial charge in [-0.2, -0.15) is 0 Å². The van der Waals surface area contributed by atoms with Crippen molar-refractivity contribution in [2.75, 3.05) is 19.6 Å².